The Balaban J connectivity index is 2.04. The molecule has 0 radical (unpaired) electrons. The monoisotopic (exact) mass is 416 g/mol. The molecule has 4 nitrogen and oxygen atoms in total. The number of hydrogen-bond donors (Lipinski definition) is 0. The van der Waals surface area contributed by atoms with Crippen molar-refractivity contribution in [2.45, 2.75) is 46.0 Å². The lowest BCUT2D eigenvalue weighted by Gasteiger charge is -2.20. The lowest BCUT2D eigenvalue weighted by Crippen LogP contribution is -2.15. The summed E-state index contributed by atoms with van der Waals surface area (Å²) >= 11 is 0. The molecule has 0 saturated carbocycles. The number of benzene rings is 2. The fourth-order valence-electron chi connectivity index (χ4n) is 3.19. The minimum absolute atomic E-state index is 0.0645. The summed E-state index contributed by atoms with van der Waals surface area (Å²) in [5.41, 5.74) is 2.71. The van der Waals surface area contributed by atoms with E-state index in [9.17, 15) is 9.59 Å². The number of carbonyl (C=O) groups excluding carboxylic acids is 2. The predicted octanol–water partition coefficient (Wildman–Crippen LogP) is 6.50. The lowest BCUT2D eigenvalue weighted by molar-refractivity contribution is -0.129. The first kappa shape index (κ1) is 22.3. The molecule has 0 heterocycles. The standard InChI is InChI=1S/C27H28O4/c1-18(2)22-16-23(19(3)4)25(31-27(29)21-14-10-7-11-15-21)24(17-22)30-26(28)20-12-8-5-6-9-13-20/h5,7-19H,6H2,1-4H3. The molecule has 0 amide bonds. The summed E-state index contributed by atoms with van der Waals surface area (Å²) in [7, 11) is 0. The molecule has 1 aliphatic carbocycles. The minimum Gasteiger partial charge on any atom is -0.419 e. The van der Waals surface area contributed by atoms with Gasteiger partial charge in [0.15, 0.2) is 11.5 Å². The van der Waals surface area contributed by atoms with Crippen LogP contribution in [-0.4, -0.2) is 11.9 Å². The highest BCUT2D eigenvalue weighted by Crippen LogP contribution is 2.40. The van der Waals surface area contributed by atoms with E-state index in [-0.39, 0.29) is 23.3 Å². The highest BCUT2D eigenvalue weighted by atomic mass is 16.6. The Kier molecular flexibility index (Phi) is 7.24. The SMILES string of the molecule is CC(C)c1cc(OC(=O)C2=CC=CCC=C2)c(OC(=O)c2ccccc2)c(C(C)C)c1. The van der Waals surface area contributed by atoms with Crippen LogP contribution in [0.5, 0.6) is 11.5 Å². The molecule has 2 aromatic carbocycles. The number of carbonyl (C=O) groups is 2. The first-order chi connectivity index (χ1) is 14.9. The molecule has 3 rings (SSSR count). The van der Waals surface area contributed by atoms with E-state index in [1.165, 1.54) is 0 Å². The average molecular weight is 417 g/mol. The van der Waals surface area contributed by atoms with Crippen LogP contribution >= 0.6 is 0 Å². The zero-order valence-corrected chi connectivity index (χ0v) is 18.4. The topological polar surface area (TPSA) is 52.6 Å². The number of allylic oxidation sites excluding steroid dienone is 4. The van der Waals surface area contributed by atoms with Crippen LogP contribution in [0.3, 0.4) is 0 Å². The molecule has 160 valence electrons. The Labute approximate surface area is 183 Å². The van der Waals surface area contributed by atoms with E-state index >= 15 is 0 Å². The lowest BCUT2D eigenvalue weighted by atomic mass is 9.94. The van der Waals surface area contributed by atoms with Crippen molar-refractivity contribution in [3.63, 3.8) is 0 Å². The van der Waals surface area contributed by atoms with Crippen molar-refractivity contribution in [3.05, 3.63) is 95.1 Å². The normalized spacial score (nSPS) is 13.2. The molecule has 0 bridgehead atoms. The van der Waals surface area contributed by atoms with Gasteiger partial charge in [-0.15, -0.1) is 0 Å². The molecule has 0 atom stereocenters. The van der Waals surface area contributed by atoms with E-state index in [1.54, 1.807) is 42.5 Å². The van der Waals surface area contributed by atoms with Gasteiger partial charge in [0.25, 0.3) is 0 Å². The third kappa shape index (κ3) is 5.60. The van der Waals surface area contributed by atoms with Gasteiger partial charge < -0.3 is 9.47 Å². The van der Waals surface area contributed by atoms with Crippen molar-refractivity contribution in [2.24, 2.45) is 0 Å². The summed E-state index contributed by atoms with van der Waals surface area (Å²) in [5.74, 6) is -0.158. The van der Waals surface area contributed by atoms with Crippen molar-refractivity contribution in [2.75, 3.05) is 0 Å². The van der Waals surface area contributed by atoms with Gasteiger partial charge in [-0.05, 0) is 48.1 Å². The maximum atomic E-state index is 12.9. The molecular weight excluding hydrogens is 388 g/mol. The molecule has 0 spiro atoms. The van der Waals surface area contributed by atoms with Crippen molar-refractivity contribution in [1.82, 2.24) is 0 Å². The largest absolute Gasteiger partial charge is 0.419 e. The maximum Gasteiger partial charge on any atom is 0.343 e. The molecule has 0 aliphatic heterocycles. The second-order valence-corrected chi connectivity index (χ2v) is 8.08. The molecule has 1 aliphatic rings. The molecule has 0 saturated heterocycles. The molecule has 0 N–H and O–H groups in total. The van der Waals surface area contributed by atoms with Gasteiger partial charge >= 0.3 is 11.9 Å². The van der Waals surface area contributed by atoms with Gasteiger partial charge in [-0.3, -0.25) is 0 Å². The average Bonchev–Trinajstić information content (AvgIpc) is 3.04. The molecule has 4 heteroatoms. The summed E-state index contributed by atoms with van der Waals surface area (Å²) < 4.78 is 11.6. The zero-order valence-electron chi connectivity index (χ0n) is 18.4. The Morgan fingerprint density at radius 1 is 0.871 bits per heavy atom. The van der Waals surface area contributed by atoms with Crippen molar-refractivity contribution < 1.29 is 19.1 Å². The van der Waals surface area contributed by atoms with Gasteiger partial charge in [-0.2, -0.15) is 0 Å². The summed E-state index contributed by atoms with van der Waals surface area (Å²) in [6, 6.07) is 12.6. The van der Waals surface area contributed by atoms with E-state index in [2.05, 4.69) is 13.8 Å². The summed E-state index contributed by atoms with van der Waals surface area (Å²) in [5, 5.41) is 0. The number of esters is 2. The minimum atomic E-state index is -0.492. The third-order valence-electron chi connectivity index (χ3n) is 5.02. The van der Waals surface area contributed by atoms with E-state index in [1.807, 2.05) is 44.2 Å². The van der Waals surface area contributed by atoms with Gasteiger partial charge in [0.1, 0.15) is 0 Å². The van der Waals surface area contributed by atoms with Crippen LogP contribution in [0, 0.1) is 0 Å². The van der Waals surface area contributed by atoms with Crippen molar-refractivity contribution >= 4 is 11.9 Å². The van der Waals surface area contributed by atoms with Gasteiger partial charge in [0, 0.05) is 5.56 Å². The number of rotatable bonds is 6. The zero-order chi connectivity index (χ0) is 22.4. The summed E-state index contributed by atoms with van der Waals surface area (Å²) in [6.07, 6.45) is 9.91. The van der Waals surface area contributed by atoms with Gasteiger partial charge in [-0.1, -0.05) is 76.3 Å². The van der Waals surface area contributed by atoms with Gasteiger partial charge in [0.05, 0.1) is 11.1 Å². The molecule has 0 fully saturated rings. The van der Waals surface area contributed by atoms with E-state index in [0.29, 0.717) is 11.1 Å². The van der Waals surface area contributed by atoms with E-state index < -0.39 is 11.9 Å². The quantitative estimate of drug-likeness (QED) is 0.398. The van der Waals surface area contributed by atoms with Crippen LogP contribution in [0.4, 0.5) is 0 Å². The summed E-state index contributed by atoms with van der Waals surface area (Å²) in [4.78, 5) is 25.7. The van der Waals surface area contributed by atoms with E-state index in [0.717, 1.165) is 17.5 Å². The van der Waals surface area contributed by atoms with Crippen LogP contribution < -0.4 is 9.47 Å². The second-order valence-electron chi connectivity index (χ2n) is 8.08. The van der Waals surface area contributed by atoms with Crippen LogP contribution in [0.15, 0.2) is 78.4 Å². The number of hydrogen-bond acceptors (Lipinski definition) is 4. The first-order valence-corrected chi connectivity index (χ1v) is 10.6. The van der Waals surface area contributed by atoms with Gasteiger partial charge in [0.2, 0.25) is 0 Å². The maximum absolute atomic E-state index is 12.9. The first-order valence-electron chi connectivity index (χ1n) is 10.6. The van der Waals surface area contributed by atoms with Crippen molar-refractivity contribution in [3.8, 4) is 11.5 Å². The fraction of sp³-hybridized carbons (Fsp3) is 0.259. The van der Waals surface area contributed by atoms with Crippen LogP contribution in [0.2, 0.25) is 0 Å². The molecular formula is C27H28O4. The van der Waals surface area contributed by atoms with Crippen LogP contribution in [0.25, 0.3) is 0 Å². The molecule has 31 heavy (non-hydrogen) atoms. The Bertz CT molecular complexity index is 1040. The highest BCUT2D eigenvalue weighted by molar-refractivity contribution is 5.95. The van der Waals surface area contributed by atoms with Crippen LogP contribution in [0.1, 0.15) is 67.4 Å². The predicted molar refractivity (Wildman–Crippen MR) is 123 cm³/mol. The van der Waals surface area contributed by atoms with Crippen molar-refractivity contribution in [1.29, 1.82) is 0 Å². The fourth-order valence-corrected chi connectivity index (χ4v) is 3.19. The summed E-state index contributed by atoms with van der Waals surface area (Å²) in [6.45, 7) is 8.18. The Hall–Kier alpha value is -3.40. The number of ether oxygens (including phenoxy) is 2. The second kappa shape index (κ2) is 10.1. The van der Waals surface area contributed by atoms with Crippen LogP contribution in [-0.2, 0) is 4.79 Å². The Morgan fingerprint density at radius 3 is 2.29 bits per heavy atom. The highest BCUT2D eigenvalue weighted by Gasteiger charge is 2.23. The van der Waals surface area contributed by atoms with Gasteiger partial charge in [-0.25, -0.2) is 9.59 Å². The smallest absolute Gasteiger partial charge is 0.343 e. The van der Waals surface area contributed by atoms with E-state index in [4.69, 9.17) is 9.47 Å². The Morgan fingerprint density at radius 2 is 1.61 bits per heavy atom. The third-order valence-corrected chi connectivity index (χ3v) is 5.02. The molecule has 0 aromatic heterocycles. The molecule has 0 unspecified atom stereocenters. The molecule has 2 aromatic rings.